The Balaban J connectivity index is 1.48. The minimum Gasteiger partial charge on any atom is -0.371 e. The molecule has 0 saturated carbocycles. The zero-order chi connectivity index (χ0) is 22.6. The van der Waals surface area contributed by atoms with Crippen LogP contribution in [0, 0.1) is 0 Å². The van der Waals surface area contributed by atoms with Crippen LogP contribution in [0.15, 0.2) is 60.7 Å². The fourth-order valence-corrected chi connectivity index (χ4v) is 4.79. The van der Waals surface area contributed by atoms with E-state index in [9.17, 15) is 0 Å². The first-order chi connectivity index (χ1) is 15.4. The molecule has 0 atom stereocenters. The first-order valence-corrected chi connectivity index (χ1v) is 12.1. The molecule has 1 aromatic heterocycles. The van der Waals surface area contributed by atoms with Crippen LogP contribution in [0.2, 0.25) is 0 Å². The fourth-order valence-electron chi connectivity index (χ4n) is 4.59. The van der Waals surface area contributed by atoms with Crippen molar-refractivity contribution < 1.29 is 0 Å². The van der Waals surface area contributed by atoms with E-state index in [0.29, 0.717) is 6.04 Å². The van der Waals surface area contributed by atoms with Gasteiger partial charge in [0.15, 0.2) is 0 Å². The normalized spacial score (nSPS) is 15.3. The quantitative estimate of drug-likeness (QED) is 0.435. The van der Waals surface area contributed by atoms with Gasteiger partial charge < -0.3 is 10.2 Å². The Morgan fingerprint density at radius 3 is 2.44 bits per heavy atom. The number of nitrogens with one attached hydrogen (secondary N) is 1. The van der Waals surface area contributed by atoms with Crippen LogP contribution in [0.25, 0.3) is 10.9 Å². The van der Waals surface area contributed by atoms with E-state index >= 15 is 0 Å². The van der Waals surface area contributed by atoms with Crippen molar-refractivity contribution in [2.45, 2.75) is 58.0 Å². The molecule has 170 valence electrons. The number of aromatic nitrogens is 1. The van der Waals surface area contributed by atoms with Crippen LogP contribution in [0.5, 0.6) is 0 Å². The predicted molar refractivity (Wildman–Crippen MR) is 138 cm³/mol. The van der Waals surface area contributed by atoms with Gasteiger partial charge in [0.05, 0.1) is 5.52 Å². The molecule has 1 saturated heterocycles. The van der Waals surface area contributed by atoms with E-state index in [4.69, 9.17) is 16.8 Å². The van der Waals surface area contributed by atoms with Gasteiger partial charge in [0.25, 0.3) is 0 Å². The van der Waals surface area contributed by atoms with Gasteiger partial charge in [-0.2, -0.15) is 0 Å². The molecule has 0 unspecified atom stereocenters. The average Bonchev–Trinajstić information content (AvgIpc) is 2.78. The van der Waals surface area contributed by atoms with E-state index in [1.54, 1.807) is 4.42 Å². The second-order valence-electron chi connectivity index (χ2n) is 9.85. The van der Waals surface area contributed by atoms with Crippen molar-refractivity contribution >= 4 is 34.2 Å². The standard InChI is InChI=1S/C27H35ClN4/c1-27(2,3)30-22-15-18-31(19-16-22)25-20-26(29-24-14-8-7-13-23(24)25)32(28)17-9-12-21-10-5-4-6-11-21/h4-8,10-11,13-14,20,22,30H,9,12,15-19H2,1-3H3. The summed E-state index contributed by atoms with van der Waals surface area (Å²) in [6, 6.07) is 21.7. The number of aryl methyl sites for hydroxylation is 1. The largest absolute Gasteiger partial charge is 0.371 e. The van der Waals surface area contributed by atoms with Gasteiger partial charge in [0.2, 0.25) is 0 Å². The summed E-state index contributed by atoms with van der Waals surface area (Å²) in [5, 5.41) is 4.97. The van der Waals surface area contributed by atoms with Crippen LogP contribution in [-0.4, -0.2) is 36.2 Å². The van der Waals surface area contributed by atoms with Crippen molar-refractivity contribution in [2.24, 2.45) is 0 Å². The first kappa shape index (κ1) is 22.9. The monoisotopic (exact) mass is 450 g/mol. The molecular formula is C27H35ClN4. The topological polar surface area (TPSA) is 31.4 Å². The number of rotatable bonds is 7. The average molecular weight is 451 g/mol. The van der Waals surface area contributed by atoms with E-state index in [1.807, 2.05) is 0 Å². The maximum atomic E-state index is 6.72. The third-order valence-electron chi connectivity index (χ3n) is 6.06. The van der Waals surface area contributed by atoms with Crippen molar-refractivity contribution in [3.05, 3.63) is 66.2 Å². The van der Waals surface area contributed by atoms with Gasteiger partial charge in [0, 0.05) is 60.1 Å². The smallest absolute Gasteiger partial charge is 0.145 e. The SMILES string of the molecule is CC(C)(C)NC1CCN(c2cc(N(Cl)CCCc3ccccc3)nc3ccccc23)CC1. The lowest BCUT2D eigenvalue weighted by Gasteiger charge is -2.38. The molecule has 0 aliphatic carbocycles. The third kappa shape index (κ3) is 5.93. The highest BCUT2D eigenvalue weighted by molar-refractivity contribution is 6.25. The Bertz CT molecular complexity index is 1010. The second-order valence-corrected chi connectivity index (χ2v) is 10.3. The molecule has 5 heteroatoms. The van der Waals surface area contributed by atoms with Crippen LogP contribution in [0.3, 0.4) is 0 Å². The number of nitrogens with zero attached hydrogens (tertiary/aromatic N) is 3. The lowest BCUT2D eigenvalue weighted by atomic mass is 9.99. The number of piperidine rings is 1. The van der Waals surface area contributed by atoms with Gasteiger partial charge in [-0.3, -0.25) is 4.42 Å². The first-order valence-electron chi connectivity index (χ1n) is 11.8. The van der Waals surface area contributed by atoms with Crippen molar-refractivity contribution in [3.8, 4) is 0 Å². The maximum absolute atomic E-state index is 6.72. The Kier molecular flexibility index (Phi) is 7.22. The number of halogens is 1. The minimum atomic E-state index is 0.155. The molecule has 0 bridgehead atoms. The molecule has 1 fully saturated rings. The lowest BCUT2D eigenvalue weighted by Crippen LogP contribution is -2.49. The highest BCUT2D eigenvalue weighted by Crippen LogP contribution is 2.32. The van der Waals surface area contributed by atoms with E-state index in [1.165, 1.54) is 16.6 Å². The summed E-state index contributed by atoms with van der Waals surface area (Å²) in [4.78, 5) is 7.38. The molecule has 4 rings (SSSR count). The molecule has 1 N–H and O–H groups in total. The van der Waals surface area contributed by atoms with Crippen LogP contribution >= 0.6 is 11.8 Å². The van der Waals surface area contributed by atoms with Gasteiger partial charge >= 0.3 is 0 Å². The fraction of sp³-hybridized carbons (Fsp3) is 0.444. The van der Waals surface area contributed by atoms with Crippen molar-refractivity contribution in [3.63, 3.8) is 0 Å². The Hall–Kier alpha value is -2.30. The number of pyridine rings is 1. The molecule has 1 aliphatic rings. The molecule has 3 aromatic rings. The van der Waals surface area contributed by atoms with E-state index in [0.717, 1.165) is 56.7 Å². The number of anilines is 2. The van der Waals surface area contributed by atoms with Crippen LogP contribution in [0.4, 0.5) is 11.5 Å². The highest BCUT2D eigenvalue weighted by Gasteiger charge is 2.24. The summed E-state index contributed by atoms with van der Waals surface area (Å²) >= 11 is 6.72. The zero-order valence-electron chi connectivity index (χ0n) is 19.5. The molecule has 0 amide bonds. The lowest BCUT2D eigenvalue weighted by molar-refractivity contribution is 0.317. The van der Waals surface area contributed by atoms with Crippen LogP contribution in [-0.2, 0) is 6.42 Å². The Labute approximate surface area is 197 Å². The van der Waals surface area contributed by atoms with E-state index in [-0.39, 0.29) is 5.54 Å². The maximum Gasteiger partial charge on any atom is 0.145 e. The minimum absolute atomic E-state index is 0.155. The number of benzene rings is 2. The molecule has 1 aliphatic heterocycles. The Morgan fingerprint density at radius 1 is 1.03 bits per heavy atom. The number of fused-ring (bicyclic) bond motifs is 1. The highest BCUT2D eigenvalue weighted by atomic mass is 35.5. The summed E-state index contributed by atoms with van der Waals surface area (Å²) in [7, 11) is 0. The molecule has 2 aromatic carbocycles. The van der Waals surface area contributed by atoms with Gasteiger partial charge in [-0.1, -0.05) is 48.5 Å². The number of para-hydroxylation sites is 1. The molecule has 0 spiro atoms. The zero-order valence-corrected chi connectivity index (χ0v) is 20.3. The molecular weight excluding hydrogens is 416 g/mol. The summed E-state index contributed by atoms with van der Waals surface area (Å²) in [5.74, 6) is 0.836. The van der Waals surface area contributed by atoms with Gasteiger partial charge in [0.1, 0.15) is 5.82 Å². The van der Waals surface area contributed by atoms with Gasteiger partial charge in [-0.25, -0.2) is 4.98 Å². The predicted octanol–water partition coefficient (Wildman–Crippen LogP) is 6.18. The van der Waals surface area contributed by atoms with Crippen LogP contribution in [0.1, 0.15) is 45.6 Å². The summed E-state index contributed by atoms with van der Waals surface area (Å²) in [6.07, 6.45) is 4.29. The number of hydrogen-bond acceptors (Lipinski definition) is 4. The van der Waals surface area contributed by atoms with E-state index in [2.05, 4.69) is 91.7 Å². The summed E-state index contributed by atoms with van der Waals surface area (Å²) in [6.45, 7) is 9.58. The molecule has 4 nitrogen and oxygen atoms in total. The van der Waals surface area contributed by atoms with Crippen molar-refractivity contribution in [1.82, 2.24) is 10.3 Å². The summed E-state index contributed by atoms with van der Waals surface area (Å²) in [5.41, 5.74) is 3.75. The number of hydrogen-bond donors (Lipinski definition) is 1. The van der Waals surface area contributed by atoms with Gasteiger partial charge in [-0.05, 0) is 58.1 Å². The second kappa shape index (κ2) is 10.1. The van der Waals surface area contributed by atoms with Crippen LogP contribution < -0.4 is 14.6 Å². The van der Waals surface area contributed by atoms with E-state index < -0.39 is 0 Å². The molecule has 0 radical (unpaired) electrons. The van der Waals surface area contributed by atoms with Gasteiger partial charge in [-0.15, -0.1) is 0 Å². The molecule has 32 heavy (non-hydrogen) atoms. The summed E-state index contributed by atoms with van der Waals surface area (Å²) < 4.78 is 1.78. The van der Waals surface area contributed by atoms with Crippen molar-refractivity contribution in [2.75, 3.05) is 29.0 Å². The van der Waals surface area contributed by atoms with Crippen molar-refractivity contribution in [1.29, 1.82) is 0 Å². The Morgan fingerprint density at radius 2 is 1.72 bits per heavy atom. The molecule has 2 heterocycles. The third-order valence-corrected chi connectivity index (χ3v) is 6.41.